The molecule has 0 saturated carbocycles. The maximum atomic E-state index is 11.2. The molecule has 1 aromatic carbocycles. The van der Waals surface area contributed by atoms with Gasteiger partial charge < -0.3 is 14.9 Å². The van der Waals surface area contributed by atoms with Crippen LogP contribution in [-0.2, 0) is 0 Å². The average Bonchev–Trinajstić information content (AvgIpc) is 2.87. The van der Waals surface area contributed by atoms with Gasteiger partial charge in [-0.05, 0) is 12.1 Å². The minimum Gasteiger partial charge on any atom is -0.455 e. The van der Waals surface area contributed by atoms with E-state index >= 15 is 0 Å². The van der Waals surface area contributed by atoms with E-state index in [1.807, 2.05) is 18.2 Å². The number of benzene rings is 1. The molecule has 0 atom stereocenters. The third-order valence-corrected chi connectivity index (χ3v) is 7.22. The maximum absolute atomic E-state index is 11.2. The predicted molar refractivity (Wildman–Crippen MR) is 81.3 cm³/mol. The summed E-state index contributed by atoms with van der Waals surface area (Å²) in [6, 6.07) is 10.8. The minimum atomic E-state index is -1.42. The molecule has 4 nitrogen and oxygen atoms in total. The smallest absolute Gasteiger partial charge is 0.288 e. The Kier molecular flexibility index (Phi) is 3.99. The zero-order chi connectivity index (χ0) is 14.8. The average molecular weight is 289 g/mol. The van der Waals surface area contributed by atoms with Crippen LogP contribution < -0.4 is 15.7 Å². The molecule has 1 amide bonds. The molecule has 0 spiro atoms. The minimum absolute atomic E-state index is 0.0439. The van der Waals surface area contributed by atoms with E-state index in [-0.39, 0.29) is 5.76 Å². The maximum Gasteiger partial charge on any atom is 0.288 e. The highest BCUT2D eigenvalue weighted by Gasteiger charge is 2.21. The summed E-state index contributed by atoms with van der Waals surface area (Å²) in [6.45, 7) is 6.85. The van der Waals surface area contributed by atoms with Crippen molar-refractivity contribution in [2.75, 3.05) is 0 Å². The number of carbonyl (C=O) groups is 1. The topological polar surface area (TPSA) is 65.5 Å². The van der Waals surface area contributed by atoms with Gasteiger partial charge in [-0.1, -0.05) is 43.4 Å². The first-order valence-corrected chi connectivity index (χ1v) is 9.80. The molecule has 0 radical (unpaired) electrons. The van der Waals surface area contributed by atoms with Crippen LogP contribution in [0.25, 0.3) is 0 Å². The summed E-state index contributed by atoms with van der Waals surface area (Å²) in [5.41, 5.74) is 5.23. The molecule has 0 saturated heterocycles. The second kappa shape index (κ2) is 5.54. The van der Waals surface area contributed by atoms with E-state index in [4.69, 9.17) is 14.9 Å². The first-order chi connectivity index (χ1) is 9.44. The van der Waals surface area contributed by atoms with Gasteiger partial charge in [0.1, 0.15) is 5.75 Å². The molecule has 0 aliphatic rings. The van der Waals surface area contributed by atoms with Crippen molar-refractivity contribution < 1.29 is 13.9 Å². The standard InChI is InChI=1S/C15H19NO3Si/c1-4-20(2,3)12-7-5-6-11(10-12)19-13-8-9-18-14(13)15(16)17/h5-10H,4H2,1-3H3,(H2,16,17). The van der Waals surface area contributed by atoms with Crippen molar-refractivity contribution in [1.29, 1.82) is 0 Å². The molecule has 106 valence electrons. The number of primary amides is 1. The third-order valence-electron chi connectivity index (χ3n) is 3.58. The number of amides is 1. The number of ether oxygens (including phenoxy) is 1. The molecular formula is C15H19NO3Si. The molecule has 0 aliphatic carbocycles. The van der Waals surface area contributed by atoms with Crippen molar-refractivity contribution in [1.82, 2.24) is 0 Å². The highest BCUT2D eigenvalue weighted by atomic mass is 28.3. The summed E-state index contributed by atoms with van der Waals surface area (Å²) >= 11 is 0. The largest absolute Gasteiger partial charge is 0.455 e. The Hall–Kier alpha value is -2.01. The SMILES string of the molecule is CC[Si](C)(C)c1cccc(Oc2ccoc2C(N)=O)c1. The zero-order valence-corrected chi connectivity index (χ0v) is 13.0. The van der Waals surface area contributed by atoms with Crippen molar-refractivity contribution in [2.45, 2.75) is 26.1 Å². The lowest BCUT2D eigenvalue weighted by atomic mass is 10.3. The van der Waals surface area contributed by atoms with Gasteiger partial charge in [-0.25, -0.2) is 0 Å². The Bertz CT molecular complexity index is 619. The van der Waals surface area contributed by atoms with Crippen molar-refractivity contribution in [3.05, 3.63) is 42.4 Å². The van der Waals surface area contributed by atoms with Crippen LogP contribution in [0.4, 0.5) is 0 Å². The summed E-state index contributed by atoms with van der Waals surface area (Å²) < 4.78 is 10.7. The summed E-state index contributed by atoms with van der Waals surface area (Å²) in [5, 5.41) is 1.32. The van der Waals surface area contributed by atoms with Crippen molar-refractivity contribution >= 4 is 19.2 Å². The molecule has 0 fully saturated rings. The number of hydrogen-bond donors (Lipinski definition) is 1. The Morgan fingerprint density at radius 1 is 1.35 bits per heavy atom. The highest BCUT2D eigenvalue weighted by molar-refractivity contribution is 6.89. The molecule has 0 bridgehead atoms. The van der Waals surface area contributed by atoms with E-state index in [1.165, 1.54) is 11.4 Å². The van der Waals surface area contributed by atoms with Gasteiger partial charge >= 0.3 is 0 Å². The van der Waals surface area contributed by atoms with Crippen LogP contribution in [0.15, 0.2) is 41.0 Å². The Morgan fingerprint density at radius 2 is 2.10 bits per heavy atom. The Balaban J connectivity index is 2.29. The molecular weight excluding hydrogens is 270 g/mol. The molecule has 5 heteroatoms. The summed E-state index contributed by atoms with van der Waals surface area (Å²) in [7, 11) is -1.42. The van der Waals surface area contributed by atoms with E-state index in [1.54, 1.807) is 6.07 Å². The van der Waals surface area contributed by atoms with E-state index in [0.717, 1.165) is 6.04 Å². The van der Waals surface area contributed by atoms with Crippen LogP contribution in [0.3, 0.4) is 0 Å². The predicted octanol–water partition coefficient (Wildman–Crippen LogP) is 3.11. The van der Waals surface area contributed by atoms with Gasteiger partial charge in [0.2, 0.25) is 5.76 Å². The van der Waals surface area contributed by atoms with Crippen LogP contribution >= 0.6 is 0 Å². The number of rotatable bonds is 5. The van der Waals surface area contributed by atoms with Crippen LogP contribution in [-0.4, -0.2) is 14.0 Å². The molecule has 2 aromatic rings. The molecule has 1 aromatic heterocycles. The normalized spacial score (nSPS) is 11.3. The van der Waals surface area contributed by atoms with Crippen LogP contribution in [0.5, 0.6) is 11.5 Å². The lowest BCUT2D eigenvalue weighted by molar-refractivity contribution is 0.0971. The van der Waals surface area contributed by atoms with Crippen LogP contribution in [0.2, 0.25) is 19.1 Å². The molecule has 2 N–H and O–H groups in total. The number of hydrogen-bond acceptors (Lipinski definition) is 3. The number of nitrogens with two attached hydrogens (primary N) is 1. The van der Waals surface area contributed by atoms with Gasteiger partial charge in [-0.2, -0.15) is 0 Å². The third kappa shape index (κ3) is 2.93. The molecule has 0 unspecified atom stereocenters. The van der Waals surface area contributed by atoms with E-state index in [2.05, 4.69) is 26.1 Å². The fourth-order valence-corrected chi connectivity index (χ4v) is 3.36. The van der Waals surface area contributed by atoms with Gasteiger partial charge in [0.15, 0.2) is 5.75 Å². The van der Waals surface area contributed by atoms with Crippen LogP contribution in [0, 0.1) is 0 Å². The second-order valence-corrected chi connectivity index (χ2v) is 10.4. The van der Waals surface area contributed by atoms with Crippen LogP contribution in [0.1, 0.15) is 17.5 Å². The van der Waals surface area contributed by atoms with E-state index in [0.29, 0.717) is 11.5 Å². The second-order valence-electron chi connectivity index (χ2n) is 5.35. The summed E-state index contributed by atoms with van der Waals surface area (Å²) in [6.07, 6.45) is 1.39. The monoisotopic (exact) mass is 289 g/mol. The van der Waals surface area contributed by atoms with Gasteiger partial charge in [0.25, 0.3) is 5.91 Å². The fraction of sp³-hybridized carbons (Fsp3) is 0.267. The number of furan rings is 1. The lowest BCUT2D eigenvalue weighted by Crippen LogP contribution is -2.40. The Morgan fingerprint density at radius 3 is 2.75 bits per heavy atom. The van der Waals surface area contributed by atoms with E-state index < -0.39 is 14.0 Å². The lowest BCUT2D eigenvalue weighted by Gasteiger charge is -2.21. The first-order valence-electron chi connectivity index (χ1n) is 6.59. The van der Waals surface area contributed by atoms with Crippen molar-refractivity contribution in [2.24, 2.45) is 5.73 Å². The number of carbonyl (C=O) groups excluding carboxylic acids is 1. The van der Waals surface area contributed by atoms with Gasteiger partial charge in [0, 0.05) is 6.07 Å². The fourth-order valence-electron chi connectivity index (χ4n) is 1.87. The first kappa shape index (κ1) is 14.4. The molecule has 20 heavy (non-hydrogen) atoms. The Labute approximate surface area is 119 Å². The molecule has 1 heterocycles. The quantitative estimate of drug-likeness (QED) is 0.860. The van der Waals surface area contributed by atoms with Gasteiger partial charge in [0.05, 0.1) is 14.3 Å². The summed E-state index contributed by atoms with van der Waals surface area (Å²) in [4.78, 5) is 11.2. The van der Waals surface area contributed by atoms with Crippen molar-refractivity contribution in [3.8, 4) is 11.5 Å². The zero-order valence-electron chi connectivity index (χ0n) is 12.0. The summed E-state index contributed by atoms with van der Waals surface area (Å²) in [5.74, 6) is 0.456. The van der Waals surface area contributed by atoms with Gasteiger partial charge in [-0.3, -0.25) is 4.79 Å². The highest BCUT2D eigenvalue weighted by Crippen LogP contribution is 2.26. The van der Waals surface area contributed by atoms with Gasteiger partial charge in [-0.15, -0.1) is 0 Å². The van der Waals surface area contributed by atoms with E-state index in [9.17, 15) is 4.79 Å². The van der Waals surface area contributed by atoms with Crippen molar-refractivity contribution in [3.63, 3.8) is 0 Å². The molecule has 2 rings (SSSR count). The molecule has 0 aliphatic heterocycles.